The average molecular weight is 287 g/mol. The molecule has 118 valence electrons. The molecular weight excluding hydrogens is 258 g/mol. The Morgan fingerprint density at radius 1 is 0.850 bits per heavy atom. The van der Waals surface area contributed by atoms with Crippen LogP contribution in [0.5, 0.6) is 0 Å². The van der Waals surface area contributed by atoms with Crippen molar-refractivity contribution in [3.8, 4) is 0 Å². The number of hydrogen-bond acceptors (Lipinski definition) is 4. The van der Waals surface area contributed by atoms with Crippen LogP contribution in [0.3, 0.4) is 0 Å². The molecule has 0 aliphatic heterocycles. The fourth-order valence-electron chi connectivity index (χ4n) is 1.67. The Labute approximate surface area is 122 Å². The lowest BCUT2D eigenvalue weighted by molar-refractivity contribution is -0.144. The summed E-state index contributed by atoms with van der Waals surface area (Å²) >= 11 is 0. The van der Waals surface area contributed by atoms with Gasteiger partial charge in [0.1, 0.15) is 6.54 Å². The molecule has 0 radical (unpaired) electrons. The van der Waals surface area contributed by atoms with Gasteiger partial charge in [0.05, 0.1) is 13.2 Å². The van der Waals surface area contributed by atoms with Gasteiger partial charge in [-0.1, -0.05) is 46.0 Å². The predicted molar refractivity (Wildman–Crippen MR) is 78.6 cm³/mol. The molecule has 0 atom stereocenters. The summed E-state index contributed by atoms with van der Waals surface area (Å²) in [4.78, 5) is 24.1. The number of ether oxygens (including phenoxy) is 2. The van der Waals surface area contributed by atoms with E-state index in [1.54, 1.807) is 0 Å². The Hall–Kier alpha value is -1.26. The molecule has 0 unspecified atom stereocenters. The summed E-state index contributed by atoms with van der Waals surface area (Å²) < 4.78 is 10.00. The van der Waals surface area contributed by atoms with Crippen molar-refractivity contribution in [2.45, 2.75) is 58.8 Å². The molecule has 0 spiro atoms. The van der Waals surface area contributed by atoms with Crippen LogP contribution < -0.4 is 0 Å². The zero-order chi connectivity index (χ0) is 15.2. The highest BCUT2D eigenvalue weighted by Gasteiger charge is 2.14. The third-order valence-electron chi connectivity index (χ3n) is 2.87. The Morgan fingerprint density at radius 2 is 1.50 bits per heavy atom. The van der Waals surface area contributed by atoms with Crippen LogP contribution in [0.15, 0.2) is 0 Å². The summed E-state index contributed by atoms with van der Waals surface area (Å²) in [6.07, 6.45) is 7.19. The van der Waals surface area contributed by atoms with E-state index in [1.165, 1.54) is 37.6 Å². The maximum Gasteiger partial charge on any atom is 0.410 e. The second-order valence-corrected chi connectivity index (χ2v) is 4.96. The third kappa shape index (κ3) is 10.6. The van der Waals surface area contributed by atoms with Crippen LogP contribution in [-0.4, -0.2) is 43.8 Å². The highest BCUT2D eigenvalue weighted by molar-refractivity contribution is 5.77. The Kier molecular flexibility index (Phi) is 12.0. The summed E-state index contributed by atoms with van der Waals surface area (Å²) in [6.45, 7) is 4.85. The van der Waals surface area contributed by atoms with Gasteiger partial charge in [-0.2, -0.15) is 0 Å². The first-order valence-electron chi connectivity index (χ1n) is 7.65. The highest BCUT2D eigenvalue weighted by atomic mass is 16.6. The minimum Gasteiger partial charge on any atom is -0.464 e. The van der Waals surface area contributed by atoms with Crippen LogP contribution in [0, 0.1) is 0 Å². The lowest BCUT2D eigenvalue weighted by Gasteiger charge is -2.15. The van der Waals surface area contributed by atoms with Gasteiger partial charge in [-0.25, -0.2) is 4.79 Å². The minimum atomic E-state index is -0.483. The lowest BCUT2D eigenvalue weighted by atomic mass is 10.1. The normalized spacial score (nSPS) is 10.2. The molecule has 0 fully saturated rings. The molecule has 0 heterocycles. The van der Waals surface area contributed by atoms with Crippen LogP contribution in [-0.2, 0) is 14.3 Å². The molecule has 0 aliphatic rings. The summed E-state index contributed by atoms with van der Waals surface area (Å²) in [5.74, 6) is -0.380. The average Bonchev–Trinajstić information content (AvgIpc) is 2.43. The van der Waals surface area contributed by atoms with Gasteiger partial charge in [-0.3, -0.25) is 4.79 Å². The van der Waals surface area contributed by atoms with E-state index in [-0.39, 0.29) is 12.5 Å². The van der Waals surface area contributed by atoms with E-state index in [1.807, 2.05) is 6.92 Å². The van der Waals surface area contributed by atoms with Crippen molar-refractivity contribution in [2.75, 3.05) is 26.8 Å². The summed E-state index contributed by atoms with van der Waals surface area (Å²) in [5, 5.41) is 0. The van der Waals surface area contributed by atoms with E-state index in [2.05, 4.69) is 6.92 Å². The molecule has 0 N–H and O–H groups in total. The predicted octanol–water partition coefficient (Wildman–Crippen LogP) is 3.37. The maximum atomic E-state index is 11.5. The summed E-state index contributed by atoms with van der Waals surface area (Å²) in [7, 11) is 1.53. The Balaban J connectivity index is 3.55. The number of likely N-dealkylation sites (N-methyl/N-ethyl adjacent to an activating group) is 1. The van der Waals surface area contributed by atoms with Crippen molar-refractivity contribution in [1.29, 1.82) is 0 Å². The summed E-state index contributed by atoms with van der Waals surface area (Å²) in [5.41, 5.74) is 0. The Morgan fingerprint density at radius 3 is 2.15 bits per heavy atom. The molecule has 0 saturated carbocycles. The van der Waals surface area contributed by atoms with Gasteiger partial charge in [0.15, 0.2) is 0 Å². The fraction of sp³-hybridized carbons (Fsp3) is 0.867. The van der Waals surface area contributed by atoms with Gasteiger partial charge in [-0.15, -0.1) is 0 Å². The number of carbonyl (C=O) groups excluding carboxylic acids is 2. The van der Waals surface area contributed by atoms with Crippen molar-refractivity contribution in [2.24, 2.45) is 0 Å². The molecule has 0 aliphatic carbocycles. The van der Waals surface area contributed by atoms with Gasteiger partial charge in [-0.05, 0) is 12.8 Å². The molecular formula is C15H29NO4. The van der Waals surface area contributed by atoms with E-state index in [9.17, 15) is 9.59 Å². The molecule has 0 aromatic carbocycles. The van der Waals surface area contributed by atoms with Crippen LogP contribution >= 0.6 is 0 Å². The van der Waals surface area contributed by atoms with Gasteiger partial charge >= 0.3 is 12.1 Å². The fourth-order valence-corrected chi connectivity index (χ4v) is 1.67. The number of unbranched alkanes of at least 4 members (excludes halogenated alkanes) is 5. The van der Waals surface area contributed by atoms with E-state index in [4.69, 9.17) is 9.47 Å². The topological polar surface area (TPSA) is 55.8 Å². The zero-order valence-corrected chi connectivity index (χ0v) is 13.2. The zero-order valence-electron chi connectivity index (χ0n) is 13.2. The molecule has 0 saturated heterocycles. The molecule has 5 nitrogen and oxygen atoms in total. The first-order valence-corrected chi connectivity index (χ1v) is 7.65. The lowest BCUT2D eigenvalue weighted by Crippen LogP contribution is -2.33. The van der Waals surface area contributed by atoms with Crippen molar-refractivity contribution in [1.82, 2.24) is 4.90 Å². The number of esters is 1. The van der Waals surface area contributed by atoms with Gasteiger partial charge in [0, 0.05) is 7.05 Å². The third-order valence-corrected chi connectivity index (χ3v) is 2.87. The molecule has 1 amide bonds. The first-order chi connectivity index (χ1) is 9.61. The largest absolute Gasteiger partial charge is 0.464 e. The van der Waals surface area contributed by atoms with Gasteiger partial charge in [0.2, 0.25) is 0 Å². The number of carbonyl (C=O) groups is 2. The molecule has 0 aromatic heterocycles. The Bertz CT molecular complexity index is 269. The minimum absolute atomic E-state index is 0.0572. The monoisotopic (exact) mass is 287 g/mol. The number of hydrogen-bond donors (Lipinski definition) is 0. The maximum absolute atomic E-state index is 11.5. The second-order valence-electron chi connectivity index (χ2n) is 4.96. The first kappa shape index (κ1) is 18.7. The molecule has 0 rings (SSSR count). The van der Waals surface area contributed by atoms with Crippen molar-refractivity contribution < 1.29 is 19.1 Å². The summed E-state index contributed by atoms with van der Waals surface area (Å²) in [6, 6.07) is 0. The quantitative estimate of drug-likeness (QED) is 0.432. The van der Waals surface area contributed by atoms with Crippen LogP contribution in [0.25, 0.3) is 0 Å². The van der Waals surface area contributed by atoms with E-state index >= 15 is 0 Å². The van der Waals surface area contributed by atoms with E-state index in [0.717, 1.165) is 19.3 Å². The van der Waals surface area contributed by atoms with E-state index < -0.39 is 6.09 Å². The molecule has 5 heteroatoms. The SMILES string of the molecule is CCCCCCCCOC(=O)CN(C)C(=O)OCCC. The smallest absolute Gasteiger partial charge is 0.410 e. The number of nitrogens with zero attached hydrogens (tertiary/aromatic N) is 1. The molecule has 20 heavy (non-hydrogen) atoms. The number of rotatable bonds is 11. The van der Waals surface area contributed by atoms with Gasteiger partial charge in [0.25, 0.3) is 0 Å². The molecule has 0 bridgehead atoms. The number of amides is 1. The van der Waals surface area contributed by atoms with Crippen molar-refractivity contribution in [3.63, 3.8) is 0 Å². The second kappa shape index (κ2) is 12.8. The standard InChI is InChI=1S/C15H29NO4/c1-4-6-7-8-9-10-12-19-14(17)13-16(3)15(18)20-11-5-2/h4-13H2,1-3H3. The van der Waals surface area contributed by atoms with Crippen molar-refractivity contribution in [3.05, 3.63) is 0 Å². The van der Waals surface area contributed by atoms with Crippen molar-refractivity contribution >= 4 is 12.1 Å². The molecule has 0 aromatic rings. The van der Waals surface area contributed by atoms with Gasteiger partial charge < -0.3 is 14.4 Å². The van der Waals surface area contributed by atoms with E-state index in [0.29, 0.717) is 13.2 Å². The highest BCUT2D eigenvalue weighted by Crippen LogP contribution is 2.05. The van der Waals surface area contributed by atoms with Crippen LogP contribution in [0.4, 0.5) is 4.79 Å². The van der Waals surface area contributed by atoms with Crippen LogP contribution in [0.1, 0.15) is 58.8 Å². The van der Waals surface area contributed by atoms with Crippen LogP contribution in [0.2, 0.25) is 0 Å².